The van der Waals surface area contributed by atoms with E-state index in [1.165, 1.54) is 0 Å². The lowest BCUT2D eigenvalue weighted by molar-refractivity contribution is -0.133. The summed E-state index contributed by atoms with van der Waals surface area (Å²) in [5, 5.41) is 3.15. The zero-order chi connectivity index (χ0) is 24.8. The minimum atomic E-state index is -0.471. The molecule has 0 aliphatic carbocycles. The summed E-state index contributed by atoms with van der Waals surface area (Å²) >= 11 is 0. The monoisotopic (exact) mass is 478 g/mol. The molecule has 0 unspecified atom stereocenters. The molecule has 0 bridgehead atoms. The van der Waals surface area contributed by atoms with E-state index in [4.69, 9.17) is 9.47 Å². The normalized spacial score (nSPS) is 21.9. The number of nitrogens with one attached hydrogen (secondary N) is 1. The average molecular weight is 479 g/mol. The van der Waals surface area contributed by atoms with E-state index in [2.05, 4.69) is 5.32 Å². The first-order chi connectivity index (χ1) is 16.9. The maximum Gasteiger partial charge on any atom is 0.222 e. The minimum Gasteiger partial charge on any atom is -0.493 e. The molecule has 2 saturated heterocycles. The summed E-state index contributed by atoms with van der Waals surface area (Å²) in [7, 11) is 3.20. The third-order valence-corrected chi connectivity index (χ3v) is 7.25. The molecule has 2 aliphatic rings. The molecule has 2 atom stereocenters. The van der Waals surface area contributed by atoms with Crippen molar-refractivity contribution < 1.29 is 23.9 Å². The molecule has 0 aromatic heterocycles. The van der Waals surface area contributed by atoms with Gasteiger partial charge in [0.25, 0.3) is 0 Å². The van der Waals surface area contributed by atoms with Crippen molar-refractivity contribution in [2.75, 3.05) is 27.3 Å². The van der Waals surface area contributed by atoms with Gasteiger partial charge in [-0.3, -0.25) is 14.4 Å². The summed E-state index contributed by atoms with van der Waals surface area (Å²) in [4.78, 5) is 40.1. The number of likely N-dealkylation sites (tertiary alicyclic amines) is 1. The van der Waals surface area contributed by atoms with Gasteiger partial charge in [0.15, 0.2) is 17.3 Å². The van der Waals surface area contributed by atoms with Crippen molar-refractivity contribution in [3.8, 4) is 11.5 Å². The van der Waals surface area contributed by atoms with Gasteiger partial charge in [0.1, 0.15) is 0 Å². The van der Waals surface area contributed by atoms with E-state index in [-0.39, 0.29) is 23.5 Å². The maximum atomic E-state index is 13.2. The SMILES string of the molecule is COc1ccc(C[C@@]2(CCC(=O)N3CCC[C@@H](C(=O)c4ccccc4)C3)CCC(=O)N2)cc1OC. The molecule has 0 saturated carbocycles. The zero-order valence-corrected chi connectivity index (χ0v) is 20.5. The number of nitrogens with zero attached hydrogens (tertiary/aromatic N) is 1. The molecular weight excluding hydrogens is 444 g/mol. The Morgan fingerprint density at radius 1 is 1.09 bits per heavy atom. The van der Waals surface area contributed by atoms with E-state index < -0.39 is 5.54 Å². The Morgan fingerprint density at radius 3 is 2.54 bits per heavy atom. The molecule has 2 fully saturated rings. The van der Waals surface area contributed by atoms with E-state index in [9.17, 15) is 14.4 Å². The molecule has 2 aromatic rings. The standard InChI is InChI=1S/C28H34N2O5/c1-34-23-11-10-20(17-24(23)35-2)18-28(14-12-25(31)29-28)15-13-26(32)30-16-6-9-22(19-30)27(33)21-7-4-3-5-8-21/h3-5,7-8,10-11,17,22H,6,9,12-16,18-19H2,1-2H3,(H,29,31)/t22-,28+/m1/s1. The number of Topliss-reactive ketones (excluding diaryl/α,β-unsaturated/α-hetero) is 1. The molecule has 4 rings (SSSR count). The smallest absolute Gasteiger partial charge is 0.222 e. The van der Waals surface area contributed by atoms with E-state index >= 15 is 0 Å². The van der Waals surface area contributed by atoms with Crippen LogP contribution in [0.4, 0.5) is 0 Å². The Morgan fingerprint density at radius 2 is 1.86 bits per heavy atom. The van der Waals surface area contributed by atoms with Crippen LogP contribution in [-0.4, -0.2) is 55.3 Å². The summed E-state index contributed by atoms with van der Waals surface area (Å²) in [6, 6.07) is 15.1. The number of amides is 2. The molecule has 2 heterocycles. The molecule has 7 nitrogen and oxygen atoms in total. The molecule has 2 aromatic carbocycles. The first-order valence-corrected chi connectivity index (χ1v) is 12.3. The van der Waals surface area contributed by atoms with Crippen LogP contribution < -0.4 is 14.8 Å². The van der Waals surface area contributed by atoms with Crippen LogP contribution in [-0.2, 0) is 16.0 Å². The van der Waals surface area contributed by atoms with Crippen molar-refractivity contribution >= 4 is 17.6 Å². The van der Waals surface area contributed by atoms with Crippen molar-refractivity contribution in [3.05, 3.63) is 59.7 Å². The third kappa shape index (κ3) is 5.84. The largest absolute Gasteiger partial charge is 0.493 e. The third-order valence-electron chi connectivity index (χ3n) is 7.25. The second kappa shape index (κ2) is 10.9. The minimum absolute atomic E-state index is 0.0180. The number of piperidine rings is 1. The number of hydrogen-bond acceptors (Lipinski definition) is 5. The highest BCUT2D eigenvalue weighted by Crippen LogP contribution is 2.34. The van der Waals surface area contributed by atoms with Crippen molar-refractivity contribution in [3.63, 3.8) is 0 Å². The quantitative estimate of drug-likeness (QED) is 0.554. The summed E-state index contributed by atoms with van der Waals surface area (Å²) in [5.41, 5.74) is 1.25. The molecule has 2 aliphatic heterocycles. The molecule has 35 heavy (non-hydrogen) atoms. The van der Waals surface area contributed by atoms with E-state index in [1.54, 1.807) is 14.2 Å². The fourth-order valence-electron chi connectivity index (χ4n) is 5.32. The van der Waals surface area contributed by atoms with Gasteiger partial charge in [-0.25, -0.2) is 0 Å². The Bertz CT molecular complexity index is 1070. The maximum absolute atomic E-state index is 13.2. The van der Waals surface area contributed by atoms with Crippen LogP contribution in [0, 0.1) is 5.92 Å². The predicted molar refractivity (Wildman–Crippen MR) is 133 cm³/mol. The second-order valence-electron chi connectivity index (χ2n) is 9.60. The summed E-state index contributed by atoms with van der Waals surface area (Å²) in [6.07, 6.45) is 4.27. The van der Waals surface area contributed by atoms with Gasteiger partial charge in [-0.15, -0.1) is 0 Å². The first kappa shape index (κ1) is 24.8. The van der Waals surface area contributed by atoms with Gasteiger partial charge in [0.05, 0.1) is 14.2 Å². The van der Waals surface area contributed by atoms with Crippen molar-refractivity contribution in [1.29, 1.82) is 0 Å². The lowest BCUT2D eigenvalue weighted by atomic mass is 9.84. The van der Waals surface area contributed by atoms with Crippen molar-refractivity contribution in [1.82, 2.24) is 10.2 Å². The Balaban J connectivity index is 1.40. The van der Waals surface area contributed by atoms with Crippen molar-refractivity contribution in [2.45, 2.75) is 50.5 Å². The summed E-state index contributed by atoms with van der Waals surface area (Å²) in [5.74, 6) is 1.30. The summed E-state index contributed by atoms with van der Waals surface area (Å²) in [6.45, 7) is 1.13. The van der Waals surface area contributed by atoms with Gasteiger partial charge in [-0.2, -0.15) is 0 Å². The number of hydrogen-bond donors (Lipinski definition) is 1. The lowest BCUT2D eigenvalue weighted by Gasteiger charge is -2.34. The van der Waals surface area contributed by atoms with Crippen LogP contribution in [0.2, 0.25) is 0 Å². The van der Waals surface area contributed by atoms with Gasteiger partial charge >= 0.3 is 0 Å². The van der Waals surface area contributed by atoms with Crippen LogP contribution in [0.1, 0.15) is 54.4 Å². The number of ether oxygens (including phenoxy) is 2. The summed E-state index contributed by atoms with van der Waals surface area (Å²) < 4.78 is 10.8. The van der Waals surface area contributed by atoms with Crippen LogP contribution in [0.15, 0.2) is 48.5 Å². The number of rotatable bonds is 9. The van der Waals surface area contributed by atoms with Gasteiger partial charge in [-0.05, 0) is 49.8 Å². The van der Waals surface area contributed by atoms with E-state index in [0.29, 0.717) is 62.3 Å². The van der Waals surface area contributed by atoms with E-state index in [0.717, 1.165) is 18.4 Å². The van der Waals surface area contributed by atoms with Gasteiger partial charge < -0.3 is 19.7 Å². The zero-order valence-electron chi connectivity index (χ0n) is 20.5. The number of carbonyl (C=O) groups is 3. The Labute approximate surface area is 206 Å². The molecule has 2 amide bonds. The number of carbonyl (C=O) groups excluding carboxylic acids is 3. The number of methoxy groups -OCH3 is 2. The van der Waals surface area contributed by atoms with Gasteiger partial charge in [-0.1, -0.05) is 36.4 Å². The number of ketones is 1. The molecular formula is C28H34N2O5. The van der Waals surface area contributed by atoms with Crippen LogP contribution in [0.25, 0.3) is 0 Å². The first-order valence-electron chi connectivity index (χ1n) is 12.3. The van der Waals surface area contributed by atoms with E-state index in [1.807, 2.05) is 53.4 Å². The van der Waals surface area contributed by atoms with Gasteiger partial charge in [0.2, 0.25) is 11.8 Å². The van der Waals surface area contributed by atoms with Crippen LogP contribution in [0.3, 0.4) is 0 Å². The highest BCUT2D eigenvalue weighted by molar-refractivity contribution is 5.98. The highest BCUT2D eigenvalue weighted by Gasteiger charge is 2.39. The molecule has 0 spiro atoms. The van der Waals surface area contributed by atoms with Crippen molar-refractivity contribution in [2.24, 2.45) is 5.92 Å². The van der Waals surface area contributed by atoms with Crippen LogP contribution >= 0.6 is 0 Å². The molecule has 0 radical (unpaired) electrons. The second-order valence-corrected chi connectivity index (χ2v) is 9.60. The lowest BCUT2D eigenvalue weighted by Crippen LogP contribution is -2.46. The molecule has 7 heteroatoms. The topological polar surface area (TPSA) is 84.9 Å². The molecule has 1 N–H and O–H groups in total. The average Bonchev–Trinajstić information content (AvgIpc) is 3.27. The Hall–Kier alpha value is -3.35. The van der Waals surface area contributed by atoms with Crippen LogP contribution in [0.5, 0.6) is 11.5 Å². The van der Waals surface area contributed by atoms with Gasteiger partial charge in [0, 0.05) is 43.0 Å². The Kier molecular flexibility index (Phi) is 7.73. The fraction of sp³-hybridized carbons (Fsp3) is 0.464. The molecule has 186 valence electrons. The fourth-order valence-corrected chi connectivity index (χ4v) is 5.32. The number of benzene rings is 2. The predicted octanol–water partition coefficient (Wildman–Crippen LogP) is 3.80. The highest BCUT2D eigenvalue weighted by atomic mass is 16.5.